The summed E-state index contributed by atoms with van der Waals surface area (Å²) in [4.78, 5) is 35.8. The summed E-state index contributed by atoms with van der Waals surface area (Å²) in [5.74, 6) is 0.434. The normalized spacial score (nSPS) is 23.3. The van der Waals surface area contributed by atoms with Gasteiger partial charge in [0.15, 0.2) is 0 Å². The van der Waals surface area contributed by atoms with Crippen molar-refractivity contribution in [2.75, 3.05) is 39.3 Å². The molecule has 0 aliphatic carbocycles. The average Bonchev–Trinajstić information content (AvgIpc) is 2.70. The van der Waals surface area contributed by atoms with Gasteiger partial charge in [-0.05, 0) is 44.5 Å². The van der Waals surface area contributed by atoms with Crippen LogP contribution in [0.15, 0.2) is 24.4 Å². The molecule has 0 saturated carbocycles. The molecule has 2 amide bonds. The van der Waals surface area contributed by atoms with Crippen LogP contribution in [0.25, 0.3) is 0 Å². The van der Waals surface area contributed by atoms with Crippen molar-refractivity contribution in [1.82, 2.24) is 19.7 Å². The van der Waals surface area contributed by atoms with Crippen LogP contribution in [-0.4, -0.2) is 70.8 Å². The van der Waals surface area contributed by atoms with Crippen molar-refractivity contribution in [3.63, 3.8) is 0 Å². The average molecular weight is 373 g/mol. The van der Waals surface area contributed by atoms with Gasteiger partial charge in [0.05, 0.1) is 18.8 Å². The summed E-state index contributed by atoms with van der Waals surface area (Å²) >= 11 is 0. The van der Waals surface area contributed by atoms with Crippen LogP contribution in [-0.2, 0) is 16.1 Å². The number of rotatable bonds is 6. The molecule has 2 saturated heterocycles. The highest BCUT2D eigenvalue weighted by molar-refractivity contribution is 5.79. The van der Waals surface area contributed by atoms with Crippen LogP contribution in [0, 0.1) is 5.41 Å². The zero-order valence-corrected chi connectivity index (χ0v) is 16.7. The van der Waals surface area contributed by atoms with E-state index in [2.05, 4.69) is 23.7 Å². The summed E-state index contributed by atoms with van der Waals surface area (Å²) in [5, 5.41) is 0. The third kappa shape index (κ3) is 4.86. The maximum absolute atomic E-state index is 12.8. The minimum atomic E-state index is 0.0415. The molecule has 1 spiro atoms. The van der Waals surface area contributed by atoms with E-state index in [9.17, 15) is 9.59 Å². The largest absolute Gasteiger partial charge is 0.341 e. The van der Waals surface area contributed by atoms with Crippen LogP contribution >= 0.6 is 0 Å². The first-order valence-electron chi connectivity index (χ1n) is 10.2. The van der Waals surface area contributed by atoms with Crippen LogP contribution in [0.4, 0.5) is 0 Å². The lowest BCUT2D eigenvalue weighted by atomic mass is 9.73. The van der Waals surface area contributed by atoms with Gasteiger partial charge in [0.1, 0.15) is 0 Å². The molecular formula is C21H32N4O2. The number of piperidine rings is 2. The Labute approximate surface area is 162 Å². The number of likely N-dealkylation sites (N-methyl/N-ethyl adjacent to an activating group) is 1. The molecule has 0 bridgehead atoms. The number of nitrogens with zero attached hydrogens (tertiary/aromatic N) is 4. The SMILES string of the molecule is CCN(CC)CC(=O)N1CCCC2(CCC(=O)N(Cc3ccccn3)C2)C1. The Morgan fingerprint density at radius 1 is 1.22 bits per heavy atom. The number of aromatic nitrogens is 1. The zero-order valence-electron chi connectivity index (χ0n) is 16.7. The highest BCUT2D eigenvalue weighted by atomic mass is 16.2. The zero-order chi connectivity index (χ0) is 19.3. The first-order valence-corrected chi connectivity index (χ1v) is 10.2. The van der Waals surface area contributed by atoms with Gasteiger partial charge >= 0.3 is 0 Å². The van der Waals surface area contributed by atoms with Crippen molar-refractivity contribution in [2.45, 2.75) is 46.1 Å². The summed E-state index contributed by atoms with van der Waals surface area (Å²) in [6.45, 7) is 9.40. The summed E-state index contributed by atoms with van der Waals surface area (Å²) in [6, 6.07) is 5.82. The number of hydrogen-bond acceptors (Lipinski definition) is 4. The van der Waals surface area contributed by atoms with Gasteiger partial charge < -0.3 is 9.80 Å². The first kappa shape index (κ1) is 19.8. The lowest BCUT2D eigenvalue weighted by Crippen LogP contribution is -2.56. The molecule has 27 heavy (non-hydrogen) atoms. The Balaban J connectivity index is 1.65. The van der Waals surface area contributed by atoms with E-state index in [1.54, 1.807) is 6.20 Å². The molecule has 6 heteroatoms. The Hall–Kier alpha value is -1.95. The molecule has 0 radical (unpaired) electrons. The van der Waals surface area contributed by atoms with Gasteiger partial charge in [0.2, 0.25) is 11.8 Å². The monoisotopic (exact) mass is 372 g/mol. The molecule has 1 unspecified atom stereocenters. The van der Waals surface area contributed by atoms with Crippen LogP contribution in [0.1, 0.15) is 45.2 Å². The van der Waals surface area contributed by atoms with Crippen molar-refractivity contribution < 1.29 is 9.59 Å². The lowest BCUT2D eigenvalue weighted by molar-refractivity contribution is -0.144. The third-order valence-corrected chi connectivity index (χ3v) is 6.09. The fraction of sp³-hybridized carbons (Fsp3) is 0.667. The van der Waals surface area contributed by atoms with Gasteiger partial charge in [-0.2, -0.15) is 0 Å². The van der Waals surface area contributed by atoms with Crippen LogP contribution in [0.2, 0.25) is 0 Å². The number of amides is 2. The molecule has 2 fully saturated rings. The molecular weight excluding hydrogens is 340 g/mol. The van der Waals surface area contributed by atoms with Gasteiger partial charge in [0.25, 0.3) is 0 Å². The predicted octanol–water partition coefficient (Wildman–Crippen LogP) is 2.15. The van der Waals surface area contributed by atoms with Gasteiger partial charge in [0, 0.05) is 37.7 Å². The highest BCUT2D eigenvalue weighted by Gasteiger charge is 2.42. The molecule has 0 aromatic carbocycles. The molecule has 1 atom stereocenters. The third-order valence-electron chi connectivity index (χ3n) is 6.09. The maximum Gasteiger partial charge on any atom is 0.236 e. The van der Waals surface area contributed by atoms with Crippen LogP contribution < -0.4 is 0 Å². The Morgan fingerprint density at radius 2 is 2.04 bits per heavy atom. The topological polar surface area (TPSA) is 56.8 Å². The van der Waals surface area contributed by atoms with Gasteiger partial charge in [-0.25, -0.2) is 0 Å². The Morgan fingerprint density at radius 3 is 2.74 bits per heavy atom. The Kier molecular flexibility index (Phi) is 6.47. The van der Waals surface area contributed by atoms with Crippen molar-refractivity contribution in [3.05, 3.63) is 30.1 Å². The first-order chi connectivity index (χ1) is 13.0. The second-order valence-electron chi connectivity index (χ2n) is 7.95. The smallest absolute Gasteiger partial charge is 0.236 e. The summed E-state index contributed by atoms with van der Waals surface area (Å²) in [7, 11) is 0. The summed E-state index contributed by atoms with van der Waals surface area (Å²) in [6.07, 6.45) is 5.35. The molecule has 1 aromatic heterocycles. The van der Waals surface area contributed by atoms with Crippen molar-refractivity contribution in [3.8, 4) is 0 Å². The number of carbonyl (C=O) groups excluding carboxylic acids is 2. The second kappa shape index (κ2) is 8.83. The molecule has 3 heterocycles. The highest BCUT2D eigenvalue weighted by Crippen LogP contribution is 2.39. The maximum atomic E-state index is 12.8. The minimum absolute atomic E-state index is 0.0415. The standard InChI is InChI=1S/C21H32N4O2/c1-3-23(4-2)15-20(27)24-13-7-10-21(16-24)11-9-19(26)25(17-21)14-18-8-5-6-12-22-18/h5-6,8,12H,3-4,7,9-11,13-17H2,1-2H3. The predicted molar refractivity (Wildman–Crippen MR) is 105 cm³/mol. The molecule has 148 valence electrons. The summed E-state index contributed by atoms with van der Waals surface area (Å²) in [5.41, 5.74) is 0.966. The quantitative estimate of drug-likeness (QED) is 0.768. The number of likely N-dealkylation sites (tertiary alicyclic amines) is 2. The van der Waals surface area contributed by atoms with E-state index in [4.69, 9.17) is 0 Å². The lowest BCUT2D eigenvalue weighted by Gasteiger charge is -2.48. The molecule has 0 N–H and O–H groups in total. The molecule has 6 nitrogen and oxygen atoms in total. The van der Waals surface area contributed by atoms with E-state index < -0.39 is 0 Å². The molecule has 3 rings (SSSR count). The molecule has 2 aliphatic heterocycles. The Bertz CT molecular complexity index is 647. The van der Waals surface area contributed by atoms with E-state index in [1.165, 1.54) is 0 Å². The molecule has 1 aromatic rings. The van der Waals surface area contributed by atoms with Gasteiger partial charge in [-0.15, -0.1) is 0 Å². The van der Waals surface area contributed by atoms with Crippen molar-refractivity contribution >= 4 is 11.8 Å². The van der Waals surface area contributed by atoms with Crippen molar-refractivity contribution in [1.29, 1.82) is 0 Å². The second-order valence-corrected chi connectivity index (χ2v) is 7.95. The van der Waals surface area contributed by atoms with Crippen LogP contribution in [0.5, 0.6) is 0 Å². The fourth-order valence-corrected chi connectivity index (χ4v) is 4.43. The van der Waals surface area contributed by atoms with Gasteiger partial charge in [-0.3, -0.25) is 19.5 Å². The van der Waals surface area contributed by atoms with Crippen LogP contribution in [0.3, 0.4) is 0 Å². The van der Waals surface area contributed by atoms with E-state index >= 15 is 0 Å². The van der Waals surface area contributed by atoms with E-state index in [0.29, 0.717) is 19.5 Å². The number of hydrogen-bond donors (Lipinski definition) is 0. The van der Waals surface area contributed by atoms with E-state index in [1.807, 2.05) is 28.0 Å². The number of pyridine rings is 1. The number of carbonyl (C=O) groups is 2. The molecule has 2 aliphatic rings. The fourth-order valence-electron chi connectivity index (χ4n) is 4.43. The summed E-state index contributed by atoms with van der Waals surface area (Å²) < 4.78 is 0. The van der Waals surface area contributed by atoms with Crippen molar-refractivity contribution in [2.24, 2.45) is 5.41 Å². The minimum Gasteiger partial charge on any atom is -0.341 e. The van der Waals surface area contributed by atoms with Gasteiger partial charge in [-0.1, -0.05) is 19.9 Å². The van der Waals surface area contributed by atoms with E-state index in [-0.39, 0.29) is 17.2 Å². The van der Waals surface area contributed by atoms with E-state index in [0.717, 1.165) is 57.7 Å².